The second-order valence-electron chi connectivity index (χ2n) is 9.60. The van der Waals surface area contributed by atoms with Crippen LogP contribution in [0.4, 0.5) is 5.69 Å². The van der Waals surface area contributed by atoms with Crippen molar-refractivity contribution in [1.82, 2.24) is 10.2 Å². The van der Waals surface area contributed by atoms with Gasteiger partial charge in [0.25, 0.3) is 10.0 Å². The van der Waals surface area contributed by atoms with Crippen LogP contribution in [-0.2, 0) is 26.2 Å². The molecule has 8 nitrogen and oxygen atoms in total. The maximum absolute atomic E-state index is 14.0. The maximum atomic E-state index is 14.0. The lowest BCUT2D eigenvalue weighted by Crippen LogP contribution is -2.52. The van der Waals surface area contributed by atoms with Crippen LogP contribution in [0.2, 0.25) is 5.02 Å². The smallest absolute Gasteiger partial charge is 0.264 e. The molecule has 3 aromatic rings. The summed E-state index contributed by atoms with van der Waals surface area (Å²) < 4.78 is 34.5. The van der Waals surface area contributed by atoms with Gasteiger partial charge in [0.15, 0.2) is 0 Å². The predicted molar refractivity (Wildman–Crippen MR) is 165 cm³/mol. The molecule has 0 aliphatic heterocycles. The monoisotopic (exact) mass is 617 g/mol. The fourth-order valence-corrected chi connectivity index (χ4v) is 6.13. The highest BCUT2D eigenvalue weighted by Crippen LogP contribution is 2.28. The Hall–Kier alpha value is -3.21. The Labute approximate surface area is 252 Å². The summed E-state index contributed by atoms with van der Waals surface area (Å²) >= 11 is 7.68. The van der Waals surface area contributed by atoms with Crippen LogP contribution in [0.5, 0.6) is 5.75 Å². The molecule has 0 aromatic heterocycles. The van der Waals surface area contributed by atoms with E-state index in [1.807, 2.05) is 27.0 Å². The van der Waals surface area contributed by atoms with Crippen molar-refractivity contribution < 1.29 is 22.7 Å². The Morgan fingerprint density at radius 2 is 1.66 bits per heavy atom. The molecule has 220 valence electrons. The first-order valence-corrected chi connectivity index (χ1v) is 16.2. The van der Waals surface area contributed by atoms with Gasteiger partial charge in [-0.15, -0.1) is 11.8 Å². The van der Waals surface area contributed by atoms with Crippen LogP contribution in [0.3, 0.4) is 0 Å². The first-order valence-electron chi connectivity index (χ1n) is 13.2. The Kier molecular flexibility index (Phi) is 11.5. The molecule has 0 unspecified atom stereocenters. The van der Waals surface area contributed by atoms with Crippen LogP contribution in [-0.4, -0.2) is 56.6 Å². The quantitative estimate of drug-likeness (QED) is 0.251. The minimum Gasteiger partial charge on any atom is -0.494 e. The summed E-state index contributed by atoms with van der Waals surface area (Å²) in [6.07, 6.45) is 1.90. The van der Waals surface area contributed by atoms with E-state index in [1.165, 1.54) is 28.8 Å². The molecule has 0 saturated heterocycles. The molecule has 1 atom stereocenters. The van der Waals surface area contributed by atoms with Crippen molar-refractivity contribution in [3.63, 3.8) is 0 Å². The number of sulfonamides is 1. The summed E-state index contributed by atoms with van der Waals surface area (Å²) in [5, 5.41) is 3.33. The van der Waals surface area contributed by atoms with E-state index >= 15 is 0 Å². The second-order valence-corrected chi connectivity index (χ2v) is 12.8. The summed E-state index contributed by atoms with van der Waals surface area (Å²) in [6, 6.07) is 19.0. The number of hydrogen-bond donors (Lipinski definition) is 1. The van der Waals surface area contributed by atoms with Gasteiger partial charge in [-0.05, 0) is 100 Å². The van der Waals surface area contributed by atoms with Crippen LogP contribution in [0.25, 0.3) is 0 Å². The number of ether oxygens (including phenoxy) is 1. The minimum absolute atomic E-state index is 0.0453. The van der Waals surface area contributed by atoms with E-state index in [0.717, 1.165) is 9.20 Å². The Bertz CT molecular complexity index is 1430. The third kappa shape index (κ3) is 8.64. The predicted octanol–water partition coefficient (Wildman–Crippen LogP) is 5.60. The van der Waals surface area contributed by atoms with Crippen molar-refractivity contribution in [3.05, 3.63) is 83.4 Å². The number of carbonyl (C=O) groups excluding carboxylic acids is 2. The molecule has 11 heteroatoms. The van der Waals surface area contributed by atoms with Crippen LogP contribution >= 0.6 is 23.4 Å². The van der Waals surface area contributed by atoms with Gasteiger partial charge in [-0.3, -0.25) is 13.9 Å². The number of carbonyl (C=O) groups is 2. The number of thioether (sulfide) groups is 1. The second kappa shape index (κ2) is 14.6. The van der Waals surface area contributed by atoms with Gasteiger partial charge >= 0.3 is 0 Å². The molecule has 0 aliphatic carbocycles. The first kappa shape index (κ1) is 32.3. The molecule has 0 spiro atoms. The Balaban J connectivity index is 2.04. The van der Waals surface area contributed by atoms with Crippen LogP contribution in [0, 0.1) is 0 Å². The van der Waals surface area contributed by atoms with Gasteiger partial charge in [-0.1, -0.05) is 23.7 Å². The van der Waals surface area contributed by atoms with E-state index < -0.39 is 28.5 Å². The van der Waals surface area contributed by atoms with E-state index in [4.69, 9.17) is 16.3 Å². The number of nitrogens with zero attached hydrogens (tertiary/aromatic N) is 2. The third-order valence-electron chi connectivity index (χ3n) is 6.20. The Morgan fingerprint density at radius 3 is 2.22 bits per heavy atom. The molecule has 0 radical (unpaired) electrons. The van der Waals surface area contributed by atoms with Crippen molar-refractivity contribution in [2.45, 2.75) is 56.1 Å². The average Bonchev–Trinajstić information content (AvgIpc) is 2.94. The molecule has 3 rings (SSSR count). The largest absolute Gasteiger partial charge is 0.494 e. The molecular formula is C30H36ClN3O5S2. The summed E-state index contributed by atoms with van der Waals surface area (Å²) in [5.41, 5.74) is 0.996. The van der Waals surface area contributed by atoms with Crippen molar-refractivity contribution in [2.75, 3.05) is 23.7 Å². The van der Waals surface area contributed by atoms with Crippen LogP contribution in [0.1, 0.15) is 33.3 Å². The fourth-order valence-electron chi connectivity index (χ4n) is 4.10. The van der Waals surface area contributed by atoms with Gasteiger partial charge in [0.05, 0.1) is 17.2 Å². The number of benzene rings is 3. The maximum Gasteiger partial charge on any atom is 0.264 e. The number of nitrogens with one attached hydrogen (secondary N) is 1. The van der Waals surface area contributed by atoms with E-state index in [1.54, 1.807) is 67.6 Å². The molecule has 1 N–H and O–H groups in total. The lowest BCUT2D eigenvalue weighted by Gasteiger charge is -2.32. The number of amides is 2. The third-order valence-corrected chi connectivity index (χ3v) is 8.97. The lowest BCUT2D eigenvalue weighted by molar-refractivity contribution is -0.139. The first-order chi connectivity index (χ1) is 19.5. The normalized spacial score (nSPS) is 12.1. The summed E-state index contributed by atoms with van der Waals surface area (Å²) in [4.78, 5) is 29.3. The highest BCUT2D eigenvalue weighted by Gasteiger charge is 2.32. The zero-order valence-corrected chi connectivity index (χ0v) is 26.2. The zero-order valence-electron chi connectivity index (χ0n) is 23.8. The van der Waals surface area contributed by atoms with Gasteiger partial charge in [0.2, 0.25) is 11.8 Å². The van der Waals surface area contributed by atoms with Crippen LogP contribution < -0.4 is 14.4 Å². The van der Waals surface area contributed by atoms with Gasteiger partial charge in [0.1, 0.15) is 18.3 Å². The molecule has 3 aromatic carbocycles. The van der Waals surface area contributed by atoms with Gasteiger partial charge in [0, 0.05) is 22.5 Å². The molecule has 0 fully saturated rings. The van der Waals surface area contributed by atoms with Crippen molar-refractivity contribution in [2.24, 2.45) is 0 Å². The molecule has 2 amide bonds. The van der Waals surface area contributed by atoms with Crippen LogP contribution in [0.15, 0.2) is 82.6 Å². The fraction of sp³-hybridized carbons (Fsp3) is 0.333. The van der Waals surface area contributed by atoms with Gasteiger partial charge in [-0.25, -0.2) is 8.42 Å². The summed E-state index contributed by atoms with van der Waals surface area (Å²) in [6.45, 7) is 7.12. The Morgan fingerprint density at radius 1 is 1.00 bits per heavy atom. The highest BCUT2D eigenvalue weighted by molar-refractivity contribution is 7.98. The number of hydrogen-bond acceptors (Lipinski definition) is 6. The molecule has 0 saturated carbocycles. The zero-order chi connectivity index (χ0) is 30.2. The van der Waals surface area contributed by atoms with Gasteiger partial charge in [-0.2, -0.15) is 0 Å². The molecule has 0 bridgehead atoms. The average molecular weight is 618 g/mol. The number of anilines is 1. The number of rotatable bonds is 13. The topological polar surface area (TPSA) is 96.0 Å². The minimum atomic E-state index is -4.16. The SMILES string of the molecule is CCOc1ccc(N(CC(=O)N(Cc2cccc(Cl)c2)[C@@H](C)C(=O)NC(C)C)S(=O)(=O)c2ccc(SC)cc2)cc1. The van der Waals surface area contributed by atoms with E-state index in [9.17, 15) is 18.0 Å². The summed E-state index contributed by atoms with van der Waals surface area (Å²) in [7, 11) is -4.16. The summed E-state index contributed by atoms with van der Waals surface area (Å²) in [5.74, 6) is -0.320. The van der Waals surface area contributed by atoms with E-state index in [2.05, 4.69) is 5.32 Å². The van der Waals surface area contributed by atoms with E-state index in [0.29, 0.717) is 22.9 Å². The standard InChI is InChI=1S/C30H36ClN3O5S2/c1-6-39-26-12-10-25(11-13-26)34(41(37,38)28-16-14-27(40-5)15-17-28)20-29(35)33(22(4)30(36)32-21(2)3)19-23-8-7-9-24(31)18-23/h7-18,21-22H,6,19-20H2,1-5H3,(H,32,36)/t22-/m0/s1. The molecule has 41 heavy (non-hydrogen) atoms. The van der Waals surface area contributed by atoms with Gasteiger partial charge < -0.3 is 15.0 Å². The number of halogens is 1. The van der Waals surface area contributed by atoms with Crippen molar-refractivity contribution >= 4 is 50.9 Å². The highest BCUT2D eigenvalue weighted by atomic mass is 35.5. The van der Waals surface area contributed by atoms with E-state index in [-0.39, 0.29) is 29.1 Å². The lowest BCUT2D eigenvalue weighted by atomic mass is 10.1. The molecule has 0 aliphatic rings. The van der Waals surface area contributed by atoms with Crippen molar-refractivity contribution in [3.8, 4) is 5.75 Å². The molecular weight excluding hydrogens is 582 g/mol. The van der Waals surface area contributed by atoms with Crippen molar-refractivity contribution in [1.29, 1.82) is 0 Å². The molecule has 0 heterocycles.